The van der Waals surface area contributed by atoms with Crippen LogP contribution in [-0.4, -0.2) is 6.23 Å². The lowest BCUT2D eigenvalue weighted by Gasteiger charge is -2.13. The number of rotatable bonds is 5. The molecule has 0 saturated carbocycles. The smallest absolute Gasteiger partial charge is 0.149 e. The molecule has 4 nitrogen and oxygen atoms in total. The first-order valence-corrected chi connectivity index (χ1v) is 6.27. The van der Waals surface area contributed by atoms with Gasteiger partial charge in [0, 0.05) is 0 Å². The number of nitrogens with zero attached hydrogens (tertiary/aromatic N) is 2. The Morgan fingerprint density at radius 1 is 1.00 bits per heavy atom. The lowest BCUT2D eigenvalue weighted by atomic mass is 10.3. The third kappa shape index (κ3) is 3.89. The van der Waals surface area contributed by atoms with Gasteiger partial charge >= 0.3 is 0 Å². The van der Waals surface area contributed by atoms with E-state index in [1.807, 2.05) is 61.5 Å². The van der Waals surface area contributed by atoms with Crippen LogP contribution < -0.4 is 10.5 Å². The van der Waals surface area contributed by atoms with Crippen LogP contribution in [0.3, 0.4) is 0 Å². The molecule has 1 atom stereocenters. The molecule has 0 aliphatic heterocycles. The monoisotopic (exact) mass is 255 g/mol. The summed E-state index contributed by atoms with van der Waals surface area (Å²) in [5, 5.41) is 8.38. The fourth-order valence-corrected chi connectivity index (χ4v) is 1.49. The highest BCUT2D eigenvalue weighted by Gasteiger charge is 2.05. The van der Waals surface area contributed by atoms with E-state index in [9.17, 15) is 0 Å². The second-order valence-corrected chi connectivity index (χ2v) is 4.07. The molecule has 19 heavy (non-hydrogen) atoms. The van der Waals surface area contributed by atoms with Gasteiger partial charge in [0.25, 0.3) is 0 Å². The number of hydrogen-bond donors (Lipinski definition) is 1. The maximum absolute atomic E-state index is 5.79. The van der Waals surface area contributed by atoms with E-state index < -0.39 is 0 Å². The van der Waals surface area contributed by atoms with Crippen molar-refractivity contribution in [3.05, 3.63) is 54.6 Å². The van der Waals surface area contributed by atoms with E-state index in [2.05, 4.69) is 10.2 Å². The van der Waals surface area contributed by atoms with E-state index in [4.69, 9.17) is 10.5 Å². The SMILES string of the molecule is CCC(N)Oc1ccccc1N=Nc1ccccc1. The van der Waals surface area contributed by atoms with Gasteiger partial charge in [-0.3, -0.25) is 5.73 Å². The molecule has 1 unspecified atom stereocenters. The van der Waals surface area contributed by atoms with Crippen LogP contribution in [0.1, 0.15) is 13.3 Å². The summed E-state index contributed by atoms with van der Waals surface area (Å²) in [6.45, 7) is 1.97. The molecule has 98 valence electrons. The lowest BCUT2D eigenvalue weighted by Crippen LogP contribution is -2.25. The summed E-state index contributed by atoms with van der Waals surface area (Å²) >= 11 is 0. The van der Waals surface area contributed by atoms with E-state index in [-0.39, 0.29) is 6.23 Å². The van der Waals surface area contributed by atoms with Crippen LogP contribution in [0.25, 0.3) is 0 Å². The minimum absolute atomic E-state index is 0.326. The number of nitrogens with two attached hydrogens (primary N) is 1. The first kappa shape index (κ1) is 13.2. The fourth-order valence-electron chi connectivity index (χ4n) is 1.49. The van der Waals surface area contributed by atoms with Crippen LogP contribution in [0, 0.1) is 0 Å². The Kier molecular flexibility index (Phi) is 4.64. The molecule has 0 bridgehead atoms. The molecule has 0 saturated heterocycles. The molecule has 2 aromatic carbocycles. The lowest BCUT2D eigenvalue weighted by molar-refractivity contribution is 0.206. The molecule has 2 N–H and O–H groups in total. The Labute approximate surface area is 112 Å². The standard InChI is InChI=1S/C15H17N3O/c1-2-15(16)19-14-11-7-6-10-13(14)18-17-12-8-4-3-5-9-12/h3-11,15H,2,16H2,1H3. The van der Waals surface area contributed by atoms with Gasteiger partial charge < -0.3 is 4.74 Å². The van der Waals surface area contributed by atoms with Crippen molar-refractivity contribution >= 4 is 11.4 Å². The van der Waals surface area contributed by atoms with Gasteiger partial charge in [-0.1, -0.05) is 37.3 Å². The van der Waals surface area contributed by atoms with Crippen molar-refractivity contribution in [3.8, 4) is 5.75 Å². The molecule has 0 spiro atoms. The van der Waals surface area contributed by atoms with Gasteiger partial charge in [0.05, 0.1) is 5.69 Å². The Balaban J connectivity index is 2.18. The highest BCUT2D eigenvalue weighted by Crippen LogP contribution is 2.29. The molecule has 0 aliphatic carbocycles. The summed E-state index contributed by atoms with van der Waals surface area (Å²) in [6.07, 6.45) is 0.414. The predicted molar refractivity (Wildman–Crippen MR) is 76.0 cm³/mol. The summed E-state index contributed by atoms with van der Waals surface area (Å²) in [6, 6.07) is 17.0. The first-order valence-electron chi connectivity index (χ1n) is 6.27. The molecular formula is C15H17N3O. The first-order chi connectivity index (χ1) is 9.29. The molecule has 0 heterocycles. The predicted octanol–water partition coefficient (Wildman–Crippen LogP) is 4.18. The maximum Gasteiger partial charge on any atom is 0.149 e. The van der Waals surface area contributed by atoms with Crippen LogP contribution in [0.5, 0.6) is 5.75 Å². The third-order valence-electron chi connectivity index (χ3n) is 2.58. The molecule has 4 heteroatoms. The second-order valence-electron chi connectivity index (χ2n) is 4.07. The number of azo groups is 1. The number of ether oxygens (including phenoxy) is 1. The largest absolute Gasteiger partial charge is 0.473 e. The Morgan fingerprint density at radius 2 is 1.68 bits per heavy atom. The van der Waals surface area contributed by atoms with Crippen LogP contribution >= 0.6 is 0 Å². The highest BCUT2D eigenvalue weighted by atomic mass is 16.5. The van der Waals surface area contributed by atoms with Gasteiger partial charge in [0.1, 0.15) is 17.7 Å². The van der Waals surface area contributed by atoms with E-state index in [0.717, 1.165) is 12.1 Å². The van der Waals surface area contributed by atoms with E-state index in [1.54, 1.807) is 0 Å². The van der Waals surface area contributed by atoms with Gasteiger partial charge in [-0.05, 0) is 30.7 Å². The molecule has 2 rings (SSSR count). The number of para-hydroxylation sites is 1. The minimum atomic E-state index is -0.326. The van der Waals surface area contributed by atoms with E-state index >= 15 is 0 Å². The summed E-state index contributed by atoms with van der Waals surface area (Å²) in [5.74, 6) is 0.650. The quantitative estimate of drug-likeness (QED) is 0.643. The Hall–Kier alpha value is -2.20. The topological polar surface area (TPSA) is 60.0 Å². The fraction of sp³-hybridized carbons (Fsp3) is 0.200. The van der Waals surface area contributed by atoms with Crippen molar-refractivity contribution in [1.82, 2.24) is 0 Å². The summed E-state index contributed by atoms with van der Waals surface area (Å²) in [5.41, 5.74) is 7.27. The third-order valence-corrected chi connectivity index (χ3v) is 2.58. The zero-order valence-electron chi connectivity index (χ0n) is 10.9. The van der Waals surface area contributed by atoms with Crippen LogP contribution in [0.2, 0.25) is 0 Å². The summed E-state index contributed by atoms with van der Waals surface area (Å²) in [4.78, 5) is 0. The van der Waals surface area contributed by atoms with Gasteiger partial charge in [-0.15, -0.1) is 5.11 Å². The second kappa shape index (κ2) is 6.66. The maximum atomic E-state index is 5.79. The van der Waals surface area contributed by atoms with Crippen molar-refractivity contribution in [2.75, 3.05) is 0 Å². The van der Waals surface area contributed by atoms with Crippen molar-refractivity contribution in [1.29, 1.82) is 0 Å². The van der Waals surface area contributed by atoms with Crippen molar-refractivity contribution < 1.29 is 4.74 Å². The molecule has 0 aromatic heterocycles. The average Bonchev–Trinajstić information content (AvgIpc) is 2.47. The Morgan fingerprint density at radius 3 is 2.42 bits per heavy atom. The molecule has 0 radical (unpaired) electrons. The van der Waals surface area contributed by atoms with Crippen molar-refractivity contribution in [2.24, 2.45) is 16.0 Å². The number of benzene rings is 2. The molecule has 0 aliphatic rings. The van der Waals surface area contributed by atoms with E-state index in [0.29, 0.717) is 11.4 Å². The Bertz CT molecular complexity index is 540. The van der Waals surface area contributed by atoms with Crippen LogP contribution in [-0.2, 0) is 0 Å². The van der Waals surface area contributed by atoms with Crippen molar-refractivity contribution in [3.63, 3.8) is 0 Å². The average molecular weight is 255 g/mol. The van der Waals surface area contributed by atoms with Crippen LogP contribution in [0.15, 0.2) is 64.8 Å². The molecular weight excluding hydrogens is 238 g/mol. The summed E-state index contributed by atoms with van der Waals surface area (Å²) in [7, 11) is 0. The minimum Gasteiger partial charge on any atom is -0.473 e. The molecule has 0 fully saturated rings. The number of hydrogen-bond acceptors (Lipinski definition) is 4. The van der Waals surface area contributed by atoms with Crippen molar-refractivity contribution in [2.45, 2.75) is 19.6 Å². The van der Waals surface area contributed by atoms with Gasteiger partial charge in [-0.2, -0.15) is 5.11 Å². The molecule has 0 amide bonds. The van der Waals surface area contributed by atoms with Gasteiger partial charge in [0.2, 0.25) is 0 Å². The summed E-state index contributed by atoms with van der Waals surface area (Å²) < 4.78 is 5.61. The van der Waals surface area contributed by atoms with Gasteiger partial charge in [-0.25, -0.2) is 0 Å². The zero-order valence-corrected chi connectivity index (χ0v) is 10.9. The van der Waals surface area contributed by atoms with Crippen LogP contribution in [0.4, 0.5) is 11.4 Å². The molecule has 2 aromatic rings. The zero-order chi connectivity index (χ0) is 13.5. The normalized spacial score (nSPS) is 12.5. The van der Waals surface area contributed by atoms with E-state index in [1.165, 1.54) is 0 Å². The highest BCUT2D eigenvalue weighted by molar-refractivity contribution is 5.51. The van der Waals surface area contributed by atoms with Gasteiger partial charge in [0.15, 0.2) is 0 Å².